The number of H-pyrrole nitrogens is 1. The third-order valence-electron chi connectivity index (χ3n) is 3.68. The molecule has 2 heterocycles. The van der Waals surface area contributed by atoms with Crippen LogP contribution >= 0.6 is 11.3 Å². The molecule has 1 aromatic carbocycles. The van der Waals surface area contributed by atoms with Gasteiger partial charge >= 0.3 is 0 Å². The minimum absolute atomic E-state index is 0.502. The molecule has 3 aromatic rings. The highest BCUT2D eigenvalue weighted by Gasteiger charge is 2.04. The number of aromatic amines is 1. The Kier molecular flexibility index (Phi) is 5.51. The van der Waals surface area contributed by atoms with E-state index in [1.54, 1.807) is 25.6 Å². The minimum atomic E-state index is 0.502. The number of thiazole rings is 1. The van der Waals surface area contributed by atoms with Crippen LogP contribution in [0.1, 0.15) is 12.1 Å². The van der Waals surface area contributed by atoms with Gasteiger partial charge in [-0.3, -0.25) is 0 Å². The number of rotatable bonds is 8. The molecule has 0 aliphatic carbocycles. The summed E-state index contributed by atoms with van der Waals surface area (Å²) < 4.78 is 10.3. The van der Waals surface area contributed by atoms with Gasteiger partial charge in [-0.25, -0.2) is 4.98 Å². The second kappa shape index (κ2) is 7.99. The van der Waals surface area contributed by atoms with Crippen molar-refractivity contribution in [2.45, 2.75) is 12.8 Å². The third kappa shape index (κ3) is 4.15. The molecular formula is C18H21N3O2S. The lowest BCUT2D eigenvalue weighted by Crippen LogP contribution is -1.97. The van der Waals surface area contributed by atoms with Crippen LogP contribution in [-0.2, 0) is 15.9 Å². The number of methoxy groups -OCH3 is 2. The average molecular weight is 343 g/mol. The number of nitrogens with zero attached hydrogens (tertiary/aromatic N) is 1. The first kappa shape index (κ1) is 16.5. The topological polar surface area (TPSA) is 59.2 Å². The maximum absolute atomic E-state index is 5.24. The van der Waals surface area contributed by atoms with E-state index in [9.17, 15) is 0 Å². The Balaban J connectivity index is 1.58. The Labute approximate surface area is 145 Å². The quantitative estimate of drug-likeness (QED) is 0.592. The van der Waals surface area contributed by atoms with Crippen molar-refractivity contribution < 1.29 is 9.47 Å². The van der Waals surface area contributed by atoms with E-state index in [4.69, 9.17) is 9.47 Å². The monoisotopic (exact) mass is 343 g/mol. The molecule has 2 N–H and O–H groups in total. The van der Waals surface area contributed by atoms with Gasteiger partial charge in [-0.1, -0.05) is 0 Å². The molecule has 126 valence electrons. The third-order valence-corrected chi connectivity index (χ3v) is 4.48. The fourth-order valence-electron chi connectivity index (χ4n) is 2.46. The summed E-state index contributed by atoms with van der Waals surface area (Å²) in [6.07, 6.45) is 5.76. The zero-order valence-corrected chi connectivity index (χ0v) is 14.7. The van der Waals surface area contributed by atoms with Crippen molar-refractivity contribution >= 4 is 33.1 Å². The predicted molar refractivity (Wildman–Crippen MR) is 99.0 cm³/mol. The van der Waals surface area contributed by atoms with Gasteiger partial charge in [0.15, 0.2) is 5.13 Å². The Morgan fingerprint density at radius 2 is 2.25 bits per heavy atom. The van der Waals surface area contributed by atoms with Gasteiger partial charge in [0.2, 0.25) is 0 Å². The van der Waals surface area contributed by atoms with E-state index in [0.717, 1.165) is 40.6 Å². The van der Waals surface area contributed by atoms with Crippen LogP contribution in [0, 0.1) is 0 Å². The number of anilines is 2. The zero-order chi connectivity index (χ0) is 16.8. The van der Waals surface area contributed by atoms with Crippen LogP contribution in [0.25, 0.3) is 10.9 Å². The van der Waals surface area contributed by atoms with E-state index in [1.165, 1.54) is 5.39 Å². The van der Waals surface area contributed by atoms with Gasteiger partial charge in [-0.2, -0.15) is 0 Å². The molecule has 6 heteroatoms. The van der Waals surface area contributed by atoms with Gasteiger partial charge in [-0.05, 0) is 43.2 Å². The van der Waals surface area contributed by atoms with E-state index >= 15 is 0 Å². The molecule has 0 amide bonds. The number of benzene rings is 1. The van der Waals surface area contributed by atoms with E-state index in [2.05, 4.69) is 51.0 Å². The second-order valence-corrected chi connectivity index (χ2v) is 6.25. The van der Waals surface area contributed by atoms with Crippen LogP contribution < -0.4 is 5.32 Å². The molecule has 0 radical (unpaired) electrons. The van der Waals surface area contributed by atoms with Gasteiger partial charge in [-0.15, -0.1) is 11.3 Å². The number of allylic oxidation sites excluding steroid dienone is 1. The standard InChI is InChI=1S/C18H21N3O2S/c1-22-11-16(23-2)5-3-4-15-12-24-18(21-15)20-14-6-7-17-13(10-14)8-9-19-17/h5-10,12,19H,3-4,11H2,1-2H3,(H,20,21)/b16-5+. The lowest BCUT2D eigenvalue weighted by Gasteiger charge is -2.04. The molecule has 2 aromatic heterocycles. The van der Waals surface area contributed by atoms with Gasteiger partial charge in [0.1, 0.15) is 12.4 Å². The summed E-state index contributed by atoms with van der Waals surface area (Å²) in [5.74, 6) is 0.853. The van der Waals surface area contributed by atoms with Crippen LogP contribution in [0.3, 0.4) is 0 Å². The van der Waals surface area contributed by atoms with Crippen molar-refractivity contribution in [3.63, 3.8) is 0 Å². The molecular weight excluding hydrogens is 322 g/mol. The van der Waals surface area contributed by atoms with Gasteiger partial charge in [0.25, 0.3) is 0 Å². The highest BCUT2D eigenvalue weighted by atomic mass is 32.1. The molecule has 5 nitrogen and oxygen atoms in total. The normalized spacial score (nSPS) is 11.8. The van der Waals surface area contributed by atoms with Crippen molar-refractivity contribution in [3.8, 4) is 0 Å². The van der Waals surface area contributed by atoms with Gasteiger partial charge in [0.05, 0.1) is 12.8 Å². The van der Waals surface area contributed by atoms with E-state index in [-0.39, 0.29) is 0 Å². The Morgan fingerprint density at radius 1 is 1.33 bits per heavy atom. The molecule has 0 aliphatic rings. The molecule has 0 atom stereocenters. The second-order valence-electron chi connectivity index (χ2n) is 5.39. The van der Waals surface area contributed by atoms with Crippen LogP contribution in [-0.4, -0.2) is 30.8 Å². The highest BCUT2D eigenvalue weighted by Crippen LogP contribution is 2.24. The molecule has 0 aliphatic heterocycles. The molecule has 24 heavy (non-hydrogen) atoms. The number of ether oxygens (including phenoxy) is 2. The van der Waals surface area contributed by atoms with Crippen molar-refractivity contribution in [1.82, 2.24) is 9.97 Å². The van der Waals surface area contributed by atoms with Crippen LogP contribution in [0.4, 0.5) is 10.8 Å². The van der Waals surface area contributed by atoms with Gasteiger partial charge in [0, 0.05) is 35.3 Å². The Bertz CT molecular complexity index is 822. The maximum atomic E-state index is 5.24. The van der Waals surface area contributed by atoms with E-state index in [0.29, 0.717) is 6.61 Å². The average Bonchev–Trinajstić information content (AvgIpc) is 3.23. The molecule has 0 saturated heterocycles. The first-order valence-electron chi connectivity index (χ1n) is 7.79. The van der Waals surface area contributed by atoms with Crippen LogP contribution in [0.15, 0.2) is 47.7 Å². The summed E-state index contributed by atoms with van der Waals surface area (Å²) in [6, 6.07) is 8.30. The summed E-state index contributed by atoms with van der Waals surface area (Å²) in [4.78, 5) is 7.84. The largest absolute Gasteiger partial charge is 0.499 e. The number of fused-ring (bicyclic) bond motifs is 1. The van der Waals surface area contributed by atoms with E-state index < -0.39 is 0 Å². The number of hydrogen-bond acceptors (Lipinski definition) is 5. The lowest BCUT2D eigenvalue weighted by atomic mass is 10.2. The summed E-state index contributed by atoms with van der Waals surface area (Å²) in [6.45, 7) is 0.502. The molecule has 0 saturated carbocycles. The first-order chi connectivity index (χ1) is 11.8. The van der Waals surface area contributed by atoms with Crippen molar-refractivity contribution in [1.29, 1.82) is 0 Å². The SMILES string of the molecule is COC/C(=C\CCc1csc(Nc2ccc3[nH]ccc3c2)n1)OC. The maximum Gasteiger partial charge on any atom is 0.187 e. The van der Waals surface area contributed by atoms with Crippen molar-refractivity contribution in [3.05, 3.63) is 53.4 Å². The molecule has 0 fully saturated rings. The van der Waals surface area contributed by atoms with E-state index in [1.807, 2.05) is 6.20 Å². The zero-order valence-electron chi connectivity index (χ0n) is 13.8. The van der Waals surface area contributed by atoms with Crippen LogP contribution in [0.5, 0.6) is 0 Å². The summed E-state index contributed by atoms with van der Waals surface area (Å²) >= 11 is 1.62. The number of nitrogens with one attached hydrogen (secondary N) is 2. The predicted octanol–water partition coefficient (Wildman–Crippen LogP) is 4.48. The summed E-state index contributed by atoms with van der Waals surface area (Å²) in [7, 11) is 3.33. The minimum Gasteiger partial charge on any atom is -0.499 e. The molecule has 0 unspecified atom stereocenters. The van der Waals surface area contributed by atoms with Crippen molar-refractivity contribution in [2.75, 3.05) is 26.1 Å². The van der Waals surface area contributed by atoms with Crippen LogP contribution in [0.2, 0.25) is 0 Å². The molecule has 3 rings (SSSR count). The fraction of sp³-hybridized carbons (Fsp3) is 0.278. The molecule has 0 spiro atoms. The smallest absolute Gasteiger partial charge is 0.187 e. The number of hydrogen-bond donors (Lipinski definition) is 2. The summed E-state index contributed by atoms with van der Waals surface area (Å²) in [5, 5.41) is 7.56. The number of aromatic nitrogens is 2. The Morgan fingerprint density at radius 3 is 3.08 bits per heavy atom. The molecule has 0 bridgehead atoms. The highest BCUT2D eigenvalue weighted by molar-refractivity contribution is 7.13. The van der Waals surface area contributed by atoms with Gasteiger partial charge < -0.3 is 19.8 Å². The number of aryl methyl sites for hydroxylation is 1. The lowest BCUT2D eigenvalue weighted by molar-refractivity contribution is 0.158. The summed E-state index contributed by atoms with van der Waals surface area (Å²) in [5.41, 5.74) is 3.26. The Hall–Kier alpha value is -2.31. The fourth-order valence-corrected chi connectivity index (χ4v) is 3.22. The van der Waals surface area contributed by atoms with Crippen molar-refractivity contribution in [2.24, 2.45) is 0 Å². The first-order valence-corrected chi connectivity index (χ1v) is 8.67.